The Bertz CT molecular complexity index is 686. The Kier molecular flexibility index (Phi) is 5.13. The Hall–Kier alpha value is -0.950. The van der Waals surface area contributed by atoms with Crippen molar-refractivity contribution in [2.75, 3.05) is 29.9 Å². The summed E-state index contributed by atoms with van der Waals surface area (Å²) in [4.78, 5) is 18.4. The molecule has 4 nitrogen and oxygen atoms in total. The topological polar surface area (TPSA) is 45.2 Å². The highest BCUT2D eigenvalue weighted by Crippen LogP contribution is 2.30. The molecule has 2 aromatic rings. The highest BCUT2D eigenvalue weighted by molar-refractivity contribution is 7.99. The molecule has 1 saturated heterocycles. The monoisotopic (exact) mass is 373 g/mol. The van der Waals surface area contributed by atoms with Crippen LogP contribution < -0.4 is 5.32 Å². The third-order valence-electron chi connectivity index (χ3n) is 3.23. The summed E-state index contributed by atoms with van der Waals surface area (Å²) in [6.45, 7) is 1.56. The van der Waals surface area contributed by atoms with Crippen molar-refractivity contribution in [2.24, 2.45) is 0 Å². The maximum absolute atomic E-state index is 12.1. The van der Waals surface area contributed by atoms with Crippen LogP contribution in [-0.4, -0.2) is 40.5 Å². The summed E-state index contributed by atoms with van der Waals surface area (Å²) in [5.41, 5.74) is 1.65. The molecule has 0 radical (unpaired) electrons. The summed E-state index contributed by atoms with van der Waals surface area (Å²) in [6.07, 6.45) is 0. The Morgan fingerprint density at radius 2 is 2.00 bits per heavy atom. The quantitative estimate of drug-likeness (QED) is 0.829. The molecule has 1 aromatic carbocycles. The first kappa shape index (κ1) is 15.9. The lowest BCUT2D eigenvalue weighted by Gasteiger charge is -2.25. The Labute approximate surface area is 146 Å². The first-order valence-corrected chi connectivity index (χ1v) is 9.47. The van der Waals surface area contributed by atoms with E-state index in [4.69, 9.17) is 23.2 Å². The van der Waals surface area contributed by atoms with E-state index in [0.29, 0.717) is 15.2 Å². The van der Waals surface area contributed by atoms with Gasteiger partial charge in [-0.1, -0.05) is 29.3 Å². The molecule has 0 saturated carbocycles. The number of benzene rings is 1. The van der Waals surface area contributed by atoms with Gasteiger partial charge in [-0.15, -0.1) is 11.3 Å². The van der Waals surface area contributed by atoms with Gasteiger partial charge in [0.1, 0.15) is 0 Å². The fraction of sp³-hybridized carbons (Fsp3) is 0.286. The predicted molar refractivity (Wildman–Crippen MR) is 95.5 cm³/mol. The van der Waals surface area contributed by atoms with Crippen molar-refractivity contribution in [1.82, 2.24) is 9.88 Å². The Morgan fingerprint density at radius 3 is 2.73 bits per heavy atom. The summed E-state index contributed by atoms with van der Waals surface area (Å²) in [5.74, 6) is 1.97. The van der Waals surface area contributed by atoms with Crippen molar-refractivity contribution >= 4 is 57.5 Å². The second-order valence-electron chi connectivity index (χ2n) is 4.70. The van der Waals surface area contributed by atoms with Crippen LogP contribution in [0.1, 0.15) is 0 Å². The van der Waals surface area contributed by atoms with Gasteiger partial charge in [-0.05, 0) is 12.1 Å². The van der Waals surface area contributed by atoms with Gasteiger partial charge in [0.2, 0.25) is 0 Å². The van der Waals surface area contributed by atoms with E-state index in [2.05, 4.69) is 10.3 Å². The van der Waals surface area contributed by atoms with Crippen molar-refractivity contribution in [3.8, 4) is 11.3 Å². The zero-order valence-corrected chi connectivity index (χ0v) is 14.7. The van der Waals surface area contributed by atoms with E-state index in [-0.39, 0.29) is 6.03 Å². The highest BCUT2D eigenvalue weighted by atomic mass is 35.5. The number of thiazole rings is 1. The molecule has 22 heavy (non-hydrogen) atoms. The molecule has 0 aliphatic carbocycles. The van der Waals surface area contributed by atoms with Gasteiger partial charge in [-0.25, -0.2) is 9.78 Å². The zero-order valence-electron chi connectivity index (χ0n) is 11.5. The minimum Gasteiger partial charge on any atom is -0.323 e. The van der Waals surface area contributed by atoms with Gasteiger partial charge in [-0.3, -0.25) is 5.32 Å². The molecule has 1 aliphatic rings. The lowest BCUT2D eigenvalue weighted by molar-refractivity contribution is 0.217. The maximum atomic E-state index is 12.1. The molecule has 1 fully saturated rings. The molecule has 0 atom stereocenters. The van der Waals surface area contributed by atoms with Crippen LogP contribution >= 0.6 is 46.3 Å². The van der Waals surface area contributed by atoms with Gasteiger partial charge in [0.05, 0.1) is 15.7 Å². The molecule has 3 rings (SSSR count). The lowest BCUT2D eigenvalue weighted by atomic mass is 10.2. The number of aromatic nitrogens is 1. The molecule has 0 bridgehead atoms. The molecule has 2 amide bonds. The van der Waals surface area contributed by atoms with E-state index in [1.54, 1.807) is 12.1 Å². The number of halogens is 2. The number of hydrogen-bond donors (Lipinski definition) is 1. The summed E-state index contributed by atoms with van der Waals surface area (Å²) >= 11 is 15.2. The van der Waals surface area contributed by atoms with Gasteiger partial charge in [0.15, 0.2) is 5.13 Å². The highest BCUT2D eigenvalue weighted by Gasteiger charge is 2.18. The van der Waals surface area contributed by atoms with Crippen LogP contribution in [0.2, 0.25) is 10.0 Å². The number of urea groups is 1. The molecule has 1 aliphatic heterocycles. The molecule has 116 valence electrons. The largest absolute Gasteiger partial charge is 0.323 e. The first-order chi connectivity index (χ1) is 10.6. The standard InChI is InChI=1S/C14H13Cl2N3OS2/c15-10-2-1-9(7-11(10)16)12-8-22-13(17-12)18-14(20)19-3-5-21-6-4-19/h1-2,7-8H,3-6H2,(H,17,18,20). The number of thioether (sulfide) groups is 1. The van der Waals surface area contributed by atoms with E-state index in [1.807, 2.05) is 28.1 Å². The van der Waals surface area contributed by atoms with Crippen LogP contribution in [0.3, 0.4) is 0 Å². The molecule has 0 spiro atoms. The van der Waals surface area contributed by atoms with E-state index >= 15 is 0 Å². The minimum absolute atomic E-state index is 0.0876. The van der Waals surface area contributed by atoms with Crippen molar-refractivity contribution in [1.29, 1.82) is 0 Å². The van der Waals surface area contributed by atoms with E-state index in [0.717, 1.165) is 35.9 Å². The van der Waals surface area contributed by atoms with E-state index in [9.17, 15) is 4.79 Å². The number of amides is 2. The maximum Gasteiger partial charge on any atom is 0.323 e. The van der Waals surface area contributed by atoms with Crippen LogP contribution in [0, 0.1) is 0 Å². The second-order valence-corrected chi connectivity index (χ2v) is 7.59. The van der Waals surface area contributed by atoms with Crippen LogP contribution in [0.5, 0.6) is 0 Å². The normalized spacial score (nSPS) is 14.9. The minimum atomic E-state index is -0.0876. The van der Waals surface area contributed by atoms with Gasteiger partial charge in [0, 0.05) is 35.5 Å². The summed E-state index contributed by atoms with van der Waals surface area (Å²) in [6, 6.07) is 5.28. The number of carbonyl (C=O) groups excluding carboxylic acids is 1. The molecule has 1 N–H and O–H groups in total. The number of carbonyl (C=O) groups is 1. The van der Waals surface area contributed by atoms with Crippen molar-refractivity contribution in [2.45, 2.75) is 0 Å². The molecule has 0 unspecified atom stereocenters. The average molecular weight is 374 g/mol. The van der Waals surface area contributed by atoms with Crippen LogP contribution in [0.25, 0.3) is 11.3 Å². The van der Waals surface area contributed by atoms with Gasteiger partial charge in [0.25, 0.3) is 0 Å². The number of nitrogens with one attached hydrogen (secondary N) is 1. The Balaban J connectivity index is 1.70. The van der Waals surface area contributed by atoms with Gasteiger partial charge in [-0.2, -0.15) is 11.8 Å². The number of hydrogen-bond acceptors (Lipinski definition) is 4. The van der Waals surface area contributed by atoms with E-state index < -0.39 is 0 Å². The molecular weight excluding hydrogens is 361 g/mol. The predicted octanol–water partition coefficient (Wildman–Crippen LogP) is 4.70. The van der Waals surface area contributed by atoms with Crippen molar-refractivity contribution < 1.29 is 4.79 Å². The van der Waals surface area contributed by atoms with Gasteiger partial charge < -0.3 is 4.90 Å². The lowest BCUT2D eigenvalue weighted by Crippen LogP contribution is -2.40. The summed E-state index contributed by atoms with van der Waals surface area (Å²) < 4.78 is 0. The first-order valence-electron chi connectivity index (χ1n) is 6.68. The molecule has 1 aromatic heterocycles. The second kappa shape index (κ2) is 7.08. The fourth-order valence-corrected chi connectivity index (χ4v) is 3.97. The van der Waals surface area contributed by atoms with Crippen LogP contribution in [0.15, 0.2) is 23.6 Å². The smallest absolute Gasteiger partial charge is 0.323 e. The molecular formula is C14H13Cl2N3OS2. The molecule has 8 heteroatoms. The third kappa shape index (κ3) is 3.68. The van der Waals surface area contributed by atoms with Crippen LogP contribution in [0.4, 0.5) is 9.93 Å². The summed E-state index contributed by atoms with van der Waals surface area (Å²) in [5, 5.41) is 6.33. The fourth-order valence-electron chi connectivity index (χ4n) is 2.06. The number of nitrogens with zero attached hydrogens (tertiary/aromatic N) is 2. The average Bonchev–Trinajstić information content (AvgIpc) is 2.99. The SMILES string of the molecule is O=C(Nc1nc(-c2ccc(Cl)c(Cl)c2)cs1)N1CCSCC1. The van der Waals surface area contributed by atoms with Crippen LogP contribution in [-0.2, 0) is 0 Å². The number of anilines is 1. The summed E-state index contributed by atoms with van der Waals surface area (Å²) in [7, 11) is 0. The van der Waals surface area contributed by atoms with E-state index in [1.165, 1.54) is 11.3 Å². The molecule has 2 heterocycles. The number of rotatable bonds is 2. The Morgan fingerprint density at radius 1 is 1.23 bits per heavy atom. The zero-order chi connectivity index (χ0) is 15.5. The third-order valence-corrected chi connectivity index (χ3v) is 5.67. The van der Waals surface area contributed by atoms with Gasteiger partial charge >= 0.3 is 6.03 Å². The van der Waals surface area contributed by atoms with Crippen molar-refractivity contribution in [3.63, 3.8) is 0 Å². The van der Waals surface area contributed by atoms with Crippen molar-refractivity contribution in [3.05, 3.63) is 33.6 Å².